The second-order valence-electron chi connectivity index (χ2n) is 5.42. The molecule has 0 aliphatic carbocycles. The topological polar surface area (TPSA) is 87.1 Å². The lowest BCUT2D eigenvalue weighted by Gasteiger charge is -2.14. The number of rotatable bonds is 4. The number of hydrogen-bond donors (Lipinski definition) is 1. The molecule has 22 heavy (non-hydrogen) atoms. The van der Waals surface area contributed by atoms with Crippen LogP contribution in [0.5, 0.6) is 0 Å². The van der Waals surface area contributed by atoms with Gasteiger partial charge in [0, 0.05) is 32.3 Å². The molecule has 1 fully saturated rings. The van der Waals surface area contributed by atoms with E-state index in [2.05, 4.69) is 15.3 Å². The number of anilines is 1. The van der Waals surface area contributed by atoms with E-state index in [0.29, 0.717) is 18.1 Å². The number of carbonyl (C=O) groups is 1. The second-order valence-corrected chi connectivity index (χ2v) is 5.42. The van der Waals surface area contributed by atoms with Crippen LogP contribution in [0.25, 0.3) is 0 Å². The number of nitriles is 1. The van der Waals surface area contributed by atoms with Crippen LogP contribution in [0.1, 0.15) is 30.9 Å². The monoisotopic (exact) mass is 299 g/mol. The molecule has 2 aromatic heterocycles. The van der Waals surface area contributed by atoms with Crippen LogP contribution in [-0.4, -0.2) is 33.7 Å². The highest BCUT2D eigenvalue weighted by molar-refractivity contribution is 5.87. The van der Waals surface area contributed by atoms with E-state index in [0.717, 1.165) is 25.3 Å². The van der Waals surface area contributed by atoms with Crippen molar-refractivity contribution in [2.75, 3.05) is 18.4 Å². The van der Waals surface area contributed by atoms with E-state index in [-0.39, 0.29) is 11.9 Å². The number of likely N-dealkylation sites (tertiary alicyclic amines) is 1. The van der Waals surface area contributed by atoms with Crippen molar-refractivity contribution in [1.82, 2.24) is 14.7 Å². The SMILES string of the molecule is CC(=O)Nc1ccn(C2CCN(Cc3ccc(C#N)o3)C2)n1. The lowest BCUT2D eigenvalue weighted by atomic mass is 10.3. The van der Waals surface area contributed by atoms with Crippen molar-refractivity contribution in [2.24, 2.45) is 0 Å². The molecule has 3 rings (SSSR count). The molecule has 0 spiro atoms. The van der Waals surface area contributed by atoms with E-state index < -0.39 is 0 Å². The zero-order valence-corrected chi connectivity index (χ0v) is 12.3. The zero-order chi connectivity index (χ0) is 15.5. The molecule has 1 atom stereocenters. The Morgan fingerprint density at radius 1 is 1.55 bits per heavy atom. The molecular formula is C15H17N5O2. The smallest absolute Gasteiger partial charge is 0.222 e. The molecule has 0 saturated carbocycles. The Kier molecular flexibility index (Phi) is 3.94. The largest absolute Gasteiger partial charge is 0.449 e. The molecule has 1 aliphatic heterocycles. The predicted molar refractivity (Wildman–Crippen MR) is 78.9 cm³/mol. The first-order chi connectivity index (χ1) is 10.6. The molecule has 114 valence electrons. The molecule has 7 nitrogen and oxygen atoms in total. The van der Waals surface area contributed by atoms with Gasteiger partial charge in [0.15, 0.2) is 5.82 Å². The quantitative estimate of drug-likeness (QED) is 0.929. The van der Waals surface area contributed by atoms with Crippen molar-refractivity contribution in [3.8, 4) is 6.07 Å². The van der Waals surface area contributed by atoms with Gasteiger partial charge in [-0.3, -0.25) is 14.4 Å². The second kappa shape index (κ2) is 6.03. The van der Waals surface area contributed by atoms with E-state index in [1.165, 1.54) is 6.92 Å². The normalized spacial score (nSPS) is 18.3. The summed E-state index contributed by atoms with van der Waals surface area (Å²) in [5.41, 5.74) is 0. The Labute approximate surface area is 128 Å². The average Bonchev–Trinajstić information content (AvgIpc) is 3.18. The van der Waals surface area contributed by atoms with Crippen LogP contribution >= 0.6 is 0 Å². The molecule has 1 amide bonds. The highest BCUT2D eigenvalue weighted by atomic mass is 16.3. The van der Waals surface area contributed by atoms with Crippen LogP contribution in [0.2, 0.25) is 0 Å². The molecule has 1 unspecified atom stereocenters. The number of furan rings is 1. The van der Waals surface area contributed by atoms with Gasteiger partial charge in [-0.15, -0.1) is 0 Å². The summed E-state index contributed by atoms with van der Waals surface area (Å²) in [5.74, 6) is 1.61. The molecule has 3 heterocycles. The highest BCUT2D eigenvalue weighted by Crippen LogP contribution is 2.23. The summed E-state index contributed by atoms with van der Waals surface area (Å²) in [5, 5.41) is 15.8. The third-order valence-electron chi connectivity index (χ3n) is 3.69. The third-order valence-corrected chi connectivity index (χ3v) is 3.69. The van der Waals surface area contributed by atoms with Crippen LogP contribution in [0, 0.1) is 11.3 Å². The third kappa shape index (κ3) is 3.18. The van der Waals surface area contributed by atoms with E-state index >= 15 is 0 Å². The number of carbonyl (C=O) groups excluding carboxylic acids is 1. The molecular weight excluding hydrogens is 282 g/mol. The van der Waals surface area contributed by atoms with E-state index in [1.807, 2.05) is 23.0 Å². The maximum atomic E-state index is 11.0. The van der Waals surface area contributed by atoms with Gasteiger partial charge in [-0.2, -0.15) is 10.4 Å². The molecule has 2 aromatic rings. The average molecular weight is 299 g/mol. The molecule has 1 aliphatic rings. The zero-order valence-electron chi connectivity index (χ0n) is 12.3. The molecule has 0 radical (unpaired) electrons. The van der Waals surface area contributed by atoms with Gasteiger partial charge in [0.05, 0.1) is 12.6 Å². The van der Waals surface area contributed by atoms with Gasteiger partial charge in [-0.25, -0.2) is 0 Å². The summed E-state index contributed by atoms with van der Waals surface area (Å²) in [4.78, 5) is 13.3. The molecule has 0 aromatic carbocycles. The molecule has 1 saturated heterocycles. The number of hydrogen-bond acceptors (Lipinski definition) is 5. The Morgan fingerprint density at radius 3 is 3.14 bits per heavy atom. The first kappa shape index (κ1) is 14.4. The minimum atomic E-state index is -0.121. The summed E-state index contributed by atoms with van der Waals surface area (Å²) in [6.45, 7) is 3.97. The van der Waals surface area contributed by atoms with Crippen molar-refractivity contribution in [3.05, 3.63) is 35.9 Å². The van der Waals surface area contributed by atoms with Gasteiger partial charge in [0.25, 0.3) is 0 Å². The summed E-state index contributed by atoms with van der Waals surface area (Å²) in [6.07, 6.45) is 2.88. The fourth-order valence-electron chi connectivity index (χ4n) is 2.70. The minimum Gasteiger partial charge on any atom is -0.449 e. The summed E-state index contributed by atoms with van der Waals surface area (Å²) < 4.78 is 7.31. The Balaban J connectivity index is 1.58. The molecule has 1 N–H and O–H groups in total. The maximum Gasteiger partial charge on any atom is 0.222 e. The van der Waals surface area contributed by atoms with Gasteiger partial charge >= 0.3 is 0 Å². The number of amides is 1. The van der Waals surface area contributed by atoms with E-state index in [9.17, 15) is 4.79 Å². The van der Waals surface area contributed by atoms with Crippen LogP contribution in [-0.2, 0) is 11.3 Å². The number of nitrogens with one attached hydrogen (secondary N) is 1. The van der Waals surface area contributed by atoms with E-state index in [4.69, 9.17) is 9.68 Å². The van der Waals surface area contributed by atoms with Crippen molar-refractivity contribution in [2.45, 2.75) is 25.9 Å². The predicted octanol–water partition coefficient (Wildman–Crippen LogP) is 1.75. The fourth-order valence-corrected chi connectivity index (χ4v) is 2.70. The van der Waals surface area contributed by atoms with Crippen LogP contribution in [0.4, 0.5) is 5.82 Å². The van der Waals surface area contributed by atoms with Crippen molar-refractivity contribution >= 4 is 11.7 Å². The summed E-state index contributed by atoms with van der Waals surface area (Å²) >= 11 is 0. The van der Waals surface area contributed by atoms with Crippen LogP contribution < -0.4 is 5.32 Å². The summed E-state index contributed by atoms with van der Waals surface area (Å²) in [6, 6.07) is 7.61. The van der Waals surface area contributed by atoms with Crippen molar-refractivity contribution in [3.63, 3.8) is 0 Å². The van der Waals surface area contributed by atoms with Gasteiger partial charge < -0.3 is 9.73 Å². The van der Waals surface area contributed by atoms with Crippen molar-refractivity contribution in [1.29, 1.82) is 5.26 Å². The molecule has 0 bridgehead atoms. The Bertz CT molecular complexity index is 712. The number of nitrogens with zero attached hydrogens (tertiary/aromatic N) is 4. The minimum absolute atomic E-state index is 0.121. The van der Waals surface area contributed by atoms with E-state index in [1.54, 1.807) is 12.1 Å². The van der Waals surface area contributed by atoms with Crippen LogP contribution in [0.15, 0.2) is 28.8 Å². The Morgan fingerprint density at radius 2 is 2.41 bits per heavy atom. The molecule has 7 heteroatoms. The summed E-state index contributed by atoms with van der Waals surface area (Å²) in [7, 11) is 0. The maximum absolute atomic E-state index is 11.0. The standard InChI is InChI=1S/C15H17N5O2/c1-11(21)17-15-5-7-20(18-15)12-4-6-19(9-12)10-14-3-2-13(8-16)22-14/h2-3,5,7,12H,4,6,9-10H2,1H3,(H,17,18,21). The van der Waals surface area contributed by atoms with Crippen molar-refractivity contribution < 1.29 is 9.21 Å². The lowest BCUT2D eigenvalue weighted by molar-refractivity contribution is -0.114. The number of aromatic nitrogens is 2. The first-order valence-corrected chi connectivity index (χ1v) is 7.18. The van der Waals surface area contributed by atoms with Gasteiger partial charge in [-0.1, -0.05) is 0 Å². The van der Waals surface area contributed by atoms with Gasteiger partial charge in [0.1, 0.15) is 11.8 Å². The lowest BCUT2D eigenvalue weighted by Crippen LogP contribution is -2.21. The highest BCUT2D eigenvalue weighted by Gasteiger charge is 2.25. The van der Waals surface area contributed by atoms with Crippen LogP contribution in [0.3, 0.4) is 0 Å². The fraction of sp³-hybridized carbons (Fsp3) is 0.400. The Hall–Kier alpha value is -2.59. The van der Waals surface area contributed by atoms with Gasteiger partial charge in [0.2, 0.25) is 11.7 Å². The first-order valence-electron chi connectivity index (χ1n) is 7.18. The van der Waals surface area contributed by atoms with Gasteiger partial charge in [-0.05, 0) is 18.6 Å².